The lowest BCUT2D eigenvalue weighted by molar-refractivity contribution is 0.421. The molecule has 0 fully saturated rings. The quantitative estimate of drug-likeness (QED) is 0.874. The van der Waals surface area contributed by atoms with E-state index >= 15 is 0 Å². The summed E-state index contributed by atoms with van der Waals surface area (Å²) in [6, 6.07) is 0. The molecule has 0 saturated carbocycles. The largest absolute Gasteiger partial charge is 0.308 e. The monoisotopic (exact) mass is 249 g/mol. The standard InChI is InChI=1S/C15H27N3/c1-10-12(9-16-15(6,7)8)11(2)18-13(17-10)14(3,4)5/h16H,9H2,1-8H3. The van der Waals surface area contributed by atoms with E-state index in [-0.39, 0.29) is 11.0 Å². The molecule has 3 nitrogen and oxygen atoms in total. The predicted molar refractivity (Wildman–Crippen MR) is 76.8 cm³/mol. The van der Waals surface area contributed by atoms with Crippen LogP contribution in [0.15, 0.2) is 0 Å². The lowest BCUT2D eigenvalue weighted by Gasteiger charge is -2.23. The van der Waals surface area contributed by atoms with Crippen molar-refractivity contribution in [3.05, 3.63) is 22.8 Å². The van der Waals surface area contributed by atoms with Gasteiger partial charge in [0.1, 0.15) is 5.82 Å². The van der Waals surface area contributed by atoms with Crippen LogP contribution < -0.4 is 5.32 Å². The highest BCUT2D eigenvalue weighted by Gasteiger charge is 2.20. The Kier molecular flexibility index (Phi) is 4.16. The van der Waals surface area contributed by atoms with Gasteiger partial charge in [0, 0.05) is 34.4 Å². The Morgan fingerprint density at radius 1 is 0.889 bits per heavy atom. The summed E-state index contributed by atoms with van der Waals surface area (Å²) < 4.78 is 0. The number of nitrogens with one attached hydrogen (secondary N) is 1. The second-order valence-electron chi connectivity index (χ2n) is 7.05. The zero-order valence-electron chi connectivity index (χ0n) is 13.1. The molecule has 102 valence electrons. The molecule has 0 bridgehead atoms. The first-order valence-electron chi connectivity index (χ1n) is 6.60. The summed E-state index contributed by atoms with van der Waals surface area (Å²) in [7, 11) is 0. The molecule has 1 rings (SSSR count). The van der Waals surface area contributed by atoms with E-state index < -0.39 is 0 Å². The Morgan fingerprint density at radius 2 is 1.33 bits per heavy atom. The van der Waals surface area contributed by atoms with Crippen LogP contribution in [0.1, 0.15) is 64.3 Å². The minimum Gasteiger partial charge on any atom is -0.308 e. The van der Waals surface area contributed by atoms with Crippen molar-refractivity contribution < 1.29 is 0 Å². The summed E-state index contributed by atoms with van der Waals surface area (Å²) in [6.07, 6.45) is 0. The molecule has 1 heterocycles. The van der Waals surface area contributed by atoms with E-state index in [2.05, 4.69) is 70.7 Å². The second-order valence-corrected chi connectivity index (χ2v) is 7.05. The summed E-state index contributed by atoms with van der Waals surface area (Å²) in [5.41, 5.74) is 3.51. The molecule has 1 aromatic heterocycles. The number of aryl methyl sites for hydroxylation is 2. The van der Waals surface area contributed by atoms with Crippen molar-refractivity contribution in [2.45, 2.75) is 72.9 Å². The predicted octanol–water partition coefficient (Wildman–Crippen LogP) is 3.28. The lowest BCUT2D eigenvalue weighted by Crippen LogP contribution is -2.35. The van der Waals surface area contributed by atoms with Gasteiger partial charge in [-0.3, -0.25) is 0 Å². The van der Waals surface area contributed by atoms with E-state index in [9.17, 15) is 0 Å². The van der Waals surface area contributed by atoms with Crippen molar-refractivity contribution in [2.75, 3.05) is 0 Å². The van der Waals surface area contributed by atoms with Gasteiger partial charge in [-0.2, -0.15) is 0 Å². The van der Waals surface area contributed by atoms with Crippen LogP contribution in [0.3, 0.4) is 0 Å². The van der Waals surface area contributed by atoms with Gasteiger partial charge in [-0.05, 0) is 34.6 Å². The number of nitrogens with zero attached hydrogens (tertiary/aromatic N) is 2. The van der Waals surface area contributed by atoms with E-state index in [1.807, 2.05) is 0 Å². The molecule has 0 aromatic carbocycles. The summed E-state index contributed by atoms with van der Waals surface area (Å²) in [5.74, 6) is 0.928. The molecule has 0 saturated heterocycles. The van der Waals surface area contributed by atoms with Gasteiger partial charge in [0.05, 0.1) is 0 Å². The Morgan fingerprint density at radius 3 is 1.67 bits per heavy atom. The van der Waals surface area contributed by atoms with Gasteiger partial charge in [0.2, 0.25) is 0 Å². The number of hydrogen-bond donors (Lipinski definition) is 1. The molecular formula is C15H27N3. The molecule has 0 amide bonds. The highest BCUT2D eigenvalue weighted by atomic mass is 15.0. The fourth-order valence-corrected chi connectivity index (χ4v) is 1.68. The van der Waals surface area contributed by atoms with Crippen molar-refractivity contribution in [2.24, 2.45) is 0 Å². The maximum absolute atomic E-state index is 4.65. The Balaban J connectivity index is 3.02. The van der Waals surface area contributed by atoms with Crippen molar-refractivity contribution in [3.8, 4) is 0 Å². The van der Waals surface area contributed by atoms with E-state index in [1.54, 1.807) is 0 Å². The van der Waals surface area contributed by atoms with Gasteiger partial charge in [-0.25, -0.2) is 9.97 Å². The SMILES string of the molecule is Cc1nc(C(C)(C)C)nc(C)c1CNC(C)(C)C. The summed E-state index contributed by atoms with van der Waals surface area (Å²) in [5, 5.41) is 3.50. The first-order chi connectivity index (χ1) is 8.00. The lowest BCUT2D eigenvalue weighted by atomic mass is 9.95. The third kappa shape index (κ3) is 4.05. The fourth-order valence-electron chi connectivity index (χ4n) is 1.68. The van der Waals surface area contributed by atoms with Crippen molar-refractivity contribution in [1.82, 2.24) is 15.3 Å². The number of aromatic nitrogens is 2. The molecule has 0 unspecified atom stereocenters. The molecule has 0 aliphatic rings. The zero-order valence-corrected chi connectivity index (χ0v) is 13.1. The highest BCUT2D eigenvalue weighted by Crippen LogP contribution is 2.21. The molecule has 1 aromatic rings. The third-order valence-corrected chi connectivity index (χ3v) is 2.89. The maximum Gasteiger partial charge on any atom is 0.134 e. The molecule has 0 atom stereocenters. The van der Waals surface area contributed by atoms with Crippen molar-refractivity contribution >= 4 is 0 Å². The summed E-state index contributed by atoms with van der Waals surface area (Å²) in [4.78, 5) is 9.31. The molecule has 3 heteroatoms. The first kappa shape index (κ1) is 15.1. The van der Waals surface area contributed by atoms with Crippen LogP contribution in [0, 0.1) is 13.8 Å². The normalized spacial score (nSPS) is 12.9. The molecule has 0 aliphatic heterocycles. The fraction of sp³-hybridized carbons (Fsp3) is 0.733. The van der Waals surface area contributed by atoms with E-state index in [4.69, 9.17) is 0 Å². The second kappa shape index (κ2) is 4.96. The molecule has 1 N–H and O–H groups in total. The van der Waals surface area contributed by atoms with Crippen LogP contribution in [0.4, 0.5) is 0 Å². The smallest absolute Gasteiger partial charge is 0.134 e. The average Bonchev–Trinajstić information content (AvgIpc) is 2.12. The van der Waals surface area contributed by atoms with Crippen LogP contribution >= 0.6 is 0 Å². The number of hydrogen-bond acceptors (Lipinski definition) is 3. The van der Waals surface area contributed by atoms with Gasteiger partial charge >= 0.3 is 0 Å². The molecule has 0 spiro atoms. The van der Waals surface area contributed by atoms with Crippen molar-refractivity contribution in [1.29, 1.82) is 0 Å². The topological polar surface area (TPSA) is 37.8 Å². The Bertz CT molecular complexity index is 399. The van der Waals surface area contributed by atoms with Crippen LogP contribution in [0.5, 0.6) is 0 Å². The Labute approximate surface area is 111 Å². The van der Waals surface area contributed by atoms with Gasteiger partial charge in [0.15, 0.2) is 0 Å². The van der Waals surface area contributed by atoms with Crippen LogP contribution in [-0.4, -0.2) is 15.5 Å². The van der Waals surface area contributed by atoms with Gasteiger partial charge < -0.3 is 5.32 Å². The third-order valence-electron chi connectivity index (χ3n) is 2.89. The highest BCUT2D eigenvalue weighted by molar-refractivity contribution is 5.26. The maximum atomic E-state index is 4.65. The first-order valence-corrected chi connectivity index (χ1v) is 6.60. The van der Waals surface area contributed by atoms with Gasteiger partial charge in [-0.1, -0.05) is 20.8 Å². The molecule has 18 heavy (non-hydrogen) atoms. The van der Waals surface area contributed by atoms with E-state index in [0.717, 1.165) is 23.8 Å². The minimum atomic E-state index is 0.00546. The number of rotatable bonds is 2. The summed E-state index contributed by atoms with van der Waals surface area (Å²) in [6.45, 7) is 17.9. The van der Waals surface area contributed by atoms with Crippen LogP contribution in [-0.2, 0) is 12.0 Å². The Hall–Kier alpha value is -0.960. The minimum absolute atomic E-state index is 0.00546. The summed E-state index contributed by atoms with van der Waals surface area (Å²) >= 11 is 0. The van der Waals surface area contributed by atoms with Gasteiger partial charge in [-0.15, -0.1) is 0 Å². The van der Waals surface area contributed by atoms with Gasteiger partial charge in [0.25, 0.3) is 0 Å². The van der Waals surface area contributed by atoms with E-state index in [1.165, 1.54) is 5.56 Å². The molecular weight excluding hydrogens is 222 g/mol. The zero-order chi connectivity index (χ0) is 14.1. The van der Waals surface area contributed by atoms with Crippen LogP contribution in [0.25, 0.3) is 0 Å². The molecule has 0 aliphatic carbocycles. The van der Waals surface area contributed by atoms with E-state index in [0.29, 0.717) is 0 Å². The average molecular weight is 249 g/mol. The molecule has 0 radical (unpaired) electrons. The van der Waals surface area contributed by atoms with Crippen LogP contribution in [0.2, 0.25) is 0 Å². The van der Waals surface area contributed by atoms with Crippen molar-refractivity contribution in [3.63, 3.8) is 0 Å².